The van der Waals surface area contributed by atoms with E-state index in [9.17, 15) is 4.79 Å². The predicted molar refractivity (Wildman–Crippen MR) is 82.8 cm³/mol. The van der Waals surface area contributed by atoms with Crippen molar-refractivity contribution in [3.8, 4) is 5.69 Å². The Bertz CT molecular complexity index is 840. The summed E-state index contributed by atoms with van der Waals surface area (Å²) in [5.74, 6) is 1.40. The fourth-order valence-electron chi connectivity index (χ4n) is 2.85. The average molecular weight is 324 g/mol. The summed E-state index contributed by atoms with van der Waals surface area (Å²) in [6.07, 6.45) is 3.07. The van der Waals surface area contributed by atoms with Crippen LogP contribution in [-0.4, -0.2) is 40.9 Å². The summed E-state index contributed by atoms with van der Waals surface area (Å²) in [5.41, 5.74) is 0.858. The number of nitrogens with zero attached hydrogens (tertiary/aromatic N) is 7. The van der Waals surface area contributed by atoms with Crippen molar-refractivity contribution in [2.24, 2.45) is 5.92 Å². The second-order valence-corrected chi connectivity index (χ2v) is 5.65. The molecule has 1 unspecified atom stereocenters. The second-order valence-electron chi connectivity index (χ2n) is 5.65. The van der Waals surface area contributed by atoms with Crippen molar-refractivity contribution in [1.82, 2.24) is 40.3 Å². The van der Waals surface area contributed by atoms with Crippen LogP contribution in [-0.2, 0) is 24.3 Å². The Balaban J connectivity index is 1.41. The van der Waals surface area contributed by atoms with Gasteiger partial charge in [-0.15, -0.1) is 5.10 Å². The number of hydrogen-bond acceptors (Lipinski definition) is 6. The summed E-state index contributed by atoms with van der Waals surface area (Å²) in [6, 6.07) is 9.58. The van der Waals surface area contributed by atoms with Gasteiger partial charge in [-0.3, -0.25) is 4.79 Å². The number of rotatable bonds is 4. The molecule has 0 spiro atoms. The van der Waals surface area contributed by atoms with Crippen LogP contribution in [0.15, 0.2) is 36.7 Å². The lowest BCUT2D eigenvalue weighted by Gasteiger charge is -2.21. The van der Waals surface area contributed by atoms with Gasteiger partial charge in [-0.1, -0.05) is 18.2 Å². The topological polar surface area (TPSA) is 103 Å². The second kappa shape index (κ2) is 6.19. The van der Waals surface area contributed by atoms with Gasteiger partial charge in [0.25, 0.3) is 0 Å². The summed E-state index contributed by atoms with van der Waals surface area (Å²) < 4.78 is 3.42. The van der Waals surface area contributed by atoms with Crippen LogP contribution in [0.5, 0.6) is 0 Å². The Morgan fingerprint density at radius 1 is 1.29 bits per heavy atom. The molecule has 9 heteroatoms. The zero-order valence-corrected chi connectivity index (χ0v) is 12.9. The van der Waals surface area contributed by atoms with E-state index >= 15 is 0 Å². The lowest BCUT2D eigenvalue weighted by Crippen LogP contribution is -2.36. The highest BCUT2D eigenvalue weighted by molar-refractivity contribution is 5.78. The van der Waals surface area contributed by atoms with Crippen molar-refractivity contribution < 1.29 is 4.79 Å². The molecule has 1 aromatic carbocycles. The highest BCUT2D eigenvalue weighted by atomic mass is 16.1. The molecule has 0 radical (unpaired) electrons. The van der Waals surface area contributed by atoms with E-state index < -0.39 is 0 Å². The molecule has 3 aromatic rings. The number of carbonyl (C=O) groups excluding carboxylic acids is 1. The average Bonchev–Trinajstić information content (AvgIpc) is 3.28. The molecule has 0 saturated heterocycles. The lowest BCUT2D eigenvalue weighted by molar-refractivity contribution is -0.126. The zero-order valence-electron chi connectivity index (χ0n) is 12.9. The number of hydrogen-bond donors (Lipinski definition) is 1. The summed E-state index contributed by atoms with van der Waals surface area (Å²) in [5, 5.41) is 18.7. The largest absolute Gasteiger partial charge is 0.348 e. The highest BCUT2D eigenvalue weighted by Crippen LogP contribution is 2.17. The number of tetrazole rings is 1. The summed E-state index contributed by atoms with van der Waals surface area (Å²) >= 11 is 0. The smallest absolute Gasteiger partial charge is 0.225 e. The van der Waals surface area contributed by atoms with E-state index in [0.717, 1.165) is 24.4 Å². The number of benzene rings is 1. The van der Waals surface area contributed by atoms with Crippen LogP contribution in [0, 0.1) is 5.92 Å². The van der Waals surface area contributed by atoms with E-state index in [1.165, 1.54) is 6.33 Å². The van der Waals surface area contributed by atoms with Crippen molar-refractivity contribution in [2.75, 3.05) is 0 Å². The quantitative estimate of drug-likeness (QED) is 0.732. The molecule has 0 saturated carbocycles. The fraction of sp³-hybridized carbons (Fsp3) is 0.333. The van der Waals surface area contributed by atoms with Crippen LogP contribution >= 0.6 is 0 Å². The van der Waals surface area contributed by atoms with Gasteiger partial charge in [-0.2, -0.15) is 9.78 Å². The first-order valence-electron chi connectivity index (χ1n) is 7.78. The van der Waals surface area contributed by atoms with E-state index in [4.69, 9.17) is 0 Å². The maximum atomic E-state index is 12.4. The van der Waals surface area contributed by atoms with Gasteiger partial charge in [0, 0.05) is 6.42 Å². The van der Waals surface area contributed by atoms with Crippen molar-refractivity contribution in [3.63, 3.8) is 0 Å². The van der Waals surface area contributed by atoms with E-state index in [1.54, 1.807) is 9.36 Å². The van der Waals surface area contributed by atoms with Crippen LogP contribution in [0.2, 0.25) is 0 Å². The molecule has 1 aliphatic heterocycles. The monoisotopic (exact) mass is 324 g/mol. The van der Waals surface area contributed by atoms with E-state index in [2.05, 4.69) is 30.9 Å². The first-order chi connectivity index (χ1) is 11.8. The number of fused-ring (bicyclic) bond motifs is 1. The van der Waals surface area contributed by atoms with Gasteiger partial charge in [0.1, 0.15) is 12.2 Å². The number of nitrogens with one attached hydrogen (secondary N) is 1. The van der Waals surface area contributed by atoms with Gasteiger partial charge in [-0.05, 0) is 29.0 Å². The zero-order chi connectivity index (χ0) is 16.4. The van der Waals surface area contributed by atoms with Crippen LogP contribution in [0.1, 0.15) is 18.1 Å². The normalized spacial score (nSPS) is 16.6. The van der Waals surface area contributed by atoms with E-state index in [-0.39, 0.29) is 18.4 Å². The third-order valence-corrected chi connectivity index (χ3v) is 4.13. The molecule has 1 amide bonds. The highest BCUT2D eigenvalue weighted by Gasteiger charge is 2.25. The van der Waals surface area contributed by atoms with Gasteiger partial charge >= 0.3 is 0 Å². The Labute approximate surface area is 137 Å². The number of para-hydroxylation sites is 1. The molecule has 0 fully saturated rings. The van der Waals surface area contributed by atoms with Crippen molar-refractivity contribution in [3.05, 3.63) is 48.3 Å². The van der Waals surface area contributed by atoms with E-state index in [0.29, 0.717) is 12.4 Å². The van der Waals surface area contributed by atoms with Crippen LogP contribution < -0.4 is 5.32 Å². The van der Waals surface area contributed by atoms with Crippen molar-refractivity contribution in [2.45, 2.75) is 25.9 Å². The van der Waals surface area contributed by atoms with E-state index in [1.807, 2.05) is 30.3 Å². The predicted octanol–water partition coefficient (Wildman–Crippen LogP) is 0.133. The standard InChI is InChI=1S/C15H16N8O/c24-15(11-6-7-13-17-10-18-22(13)9-11)16-8-14-19-20-21-23(14)12-4-2-1-3-5-12/h1-5,10-11H,6-9H2,(H,16,24). The molecule has 1 N–H and O–H groups in total. The van der Waals surface area contributed by atoms with Gasteiger partial charge in [0.05, 0.1) is 24.7 Å². The number of aryl methyl sites for hydroxylation is 1. The Morgan fingerprint density at radius 3 is 3.04 bits per heavy atom. The molecule has 1 aliphatic rings. The first-order valence-corrected chi connectivity index (χ1v) is 7.78. The molecule has 9 nitrogen and oxygen atoms in total. The van der Waals surface area contributed by atoms with Crippen LogP contribution in [0.3, 0.4) is 0 Å². The number of carbonyl (C=O) groups is 1. The summed E-state index contributed by atoms with van der Waals surface area (Å²) in [7, 11) is 0. The molecular formula is C15H16N8O. The Morgan fingerprint density at radius 2 is 2.17 bits per heavy atom. The van der Waals surface area contributed by atoms with Gasteiger partial charge < -0.3 is 5.32 Å². The minimum Gasteiger partial charge on any atom is -0.348 e. The maximum absolute atomic E-state index is 12.4. The first kappa shape index (κ1) is 14.5. The van der Waals surface area contributed by atoms with Crippen LogP contribution in [0.25, 0.3) is 5.69 Å². The third-order valence-electron chi connectivity index (χ3n) is 4.13. The fourth-order valence-corrected chi connectivity index (χ4v) is 2.85. The Hall–Kier alpha value is -3.10. The Kier molecular flexibility index (Phi) is 3.73. The molecule has 0 bridgehead atoms. The lowest BCUT2D eigenvalue weighted by atomic mass is 9.99. The number of aromatic nitrogens is 7. The molecule has 122 valence electrons. The molecule has 0 aliphatic carbocycles. The minimum absolute atomic E-state index is 0.0150. The van der Waals surface area contributed by atoms with Crippen molar-refractivity contribution in [1.29, 1.82) is 0 Å². The van der Waals surface area contributed by atoms with Crippen molar-refractivity contribution >= 4 is 5.91 Å². The third kappa shape index (κ3) is 2.75. The molecule has 4 rings (SSSR count). The summed E-state index contributed by atoms with van der Waals surface area (Å²) in [4.78, 5) is 16.6. The molecule has 3 heterocycles. The maximum Gasteiger partial charge on any atom is 0.225 e. The van der Waals surface area contributed by atoms with Crippen LogP contribution in [0.4, 0.5) is 0 Å². The molecular weight excluding hydrogens is 308 g/mol. The minimum atomic E-state index is -0.111. The molecule has 2 aromatic heterocycles. The molecule has 1 atom stereocenters. The van der Waals surface area contributed by atoms with Gasteiger partial charge in [-0.25, -0.2) is 9.67 Å². The molecule has 24 heavy (non-hydrogen) atoms. The summed E-state index contributed by atoms with van der Waals surface area (Å²) in [6.45, 7) is 0.840. The number of amides is 1. The van der Waals surface area contributed by atoms with Gasteiger partial charge in [0.2, 0.25) is 5.91 Å². The van der Waals surface area contributed by atoms with Gasteiger partial charge in [0.15, 0.2) is 5.82 Å². The SMILES string of the molecule is O=C(NCc1nnnn1-c1ccccc1)C1CCc2ncnn2C1.